The van der Waals surface area contributed by atoms with Crippen LogP contribution in [0.4, 0.5) is 0 Å². The molecule has 1 aliphatic carbocycles. The summed E-state index contributed by atoms with van der Waals surface area (Å²) >= 11 is 6.83. The number of carbonyl (C=O) groups is 1. The first-order valence-corrected chi connectivity index (χ1v) is 8.22. The molecule has 0 saturated heterocycles. The average molecular weight is 389 g/mol. The van der Waals surface area contributed by atoms with Crippen LogP contribution in [0.15, 0.2) is 27.1 Å². The van der Waals surface area contributed by atoms with Gasteiger partial charge in [-0.05, 0) is 65.2 Å². The number of amides is 1. The Labute approximate surface area is 131 Å². The fourth-order valence-electron chi connectivity index (χ4n) is 2.48. The monoisotopic (exact) mass is 387 g/mol. The van der Waals surface area contributed by atoms with Crippen LogP contribution >= 0.6 is 31.9 Å². The first kappa shape index (κ1) is 15.0. The SMILES string of the molecule is CC1(C)CCC(NC(=O)c2ccc(Br)cc2Br)CC1. The summed E-state index contributed by atoms with van der Waals surface area (Å²) in [5.41, 5.74) is 1.13. The lowest BCUT2D eigenvalue weighted by Gasteiger charge is -2.34. The van der Waals surface area contributed by atoms with Crippen LogP contribution in [-0.4, -0.2) is 11.9 Å². The molecule has 2 nitrogen and oxygen atoms in total. The lowest BCUT2D eigenvalue weighted by Crippen LogP contribution is -2.39. The minimum absolute atomic E-state index is 0.0177. The maximum Gasteiger partial charge on any atom is 0.252 e. The van der Waals surface area contributed by atoms with E-state index < -0.39 is 0 Å². The van der Waals surface area contributed by atoms with E-state index in [0.717, 1.165) is 21.8 Å². The van der Waals surface area contributed by atoms with Gasteiger partial charge in [-0.3, -0.25) is 4.79 Å². The molecule has 1 fully saturated rings. The molecule has 1 amide bonds. The van der Waals surface area contributed by atoms with E-state index in [1.165, 1.54) is 12.8 Å². The van der Waals surface area contributed by atoms with Gasteiger partial charge in [-0.15, -0.1) is 0 Å². The number of rotatable bonds is 2. The van der Waals surface area contributed by atoms with Crippen molar-refractivity contribution in [1.82, 2.24) is 5.32 Å². The summed E-state index contributed by atoms with van der Waals surface area (Å²) < 4.78 is 1.80. The molecule has 1 aliphatic rings. The number of hydrogen-bond acceptors (Lipinski definition) is 1. The molecule has 1 N–H and O–H groups in total. The number of carbonyl (C=O) groups excluding carboxylic acids is 1. The molecule has 2 rings (SSSR count). The smallest absolute Gasteiger partial charge is 0.252 e. The number of benzene rings is 1. The highest BCUT2D eigenvalue weighted by molar-refractivity contribution is 9.11. The van der Waals surface area contributed by atoms with Gasteiger partial charge in [-0.1, -0.05) is 29.8 Å². The van der Waals surface area contributed by atoms with Crippen molar-refractivity contribution >= 4 is 37.8 Å². The molecule has 1 saturated carbocycles. The maximum atomic E-state index is 12.2. The van der Waals surface area contributed by atoms with Crippen LogP contribution in [0.1, 0.15) is 49.9 Å². The van der Waals surface area contributed by atoms with Gasteiger partial charge in [0, 0.05) is 15.0 Å². The van der Waals surface area contributed by atoms with Gasteiger partial charge >= 0.3 is 0 Å². The van der Waals surface area contributed by atoms with Gasteiger partial charge in [-0.25, -0.2) is 0 Å². The van der Waals surface area contributed by atoms with E-state index in [9.17, 15) is 4.79 Å². The van der Waals surface area contributed by atoms with Crippen molar-refractivity contribution < 1.29 is 4.79 Å². The van der Waals surface area contributed by atoms with Crippen molar-refractivity contribution in [3.8, 4) is 0 Å². The number of halogens is 2. The third-order valence-corrected chi connectivity index (χ3v) is 5.00. The largest absolute Gasteiger partial charge is 0.349 e. The molecular formula is C15H19Br2NO. The molecular weight excluding hydrogens is 370 g/mol. The predicted molar refractivity (Wildman–Crippen MR) is 85.3 cm³/mol. The Kier molecular flexibility index (Phi) is 4.72. The van der Waals surface area contributed by atoms with Crippen LogP contribution in [0.2, 0.25) is 0 Å². The second kappa shape index (κ2) is 5.96. The Morgan fingerprint density at radius 3 is 2.47 bits per heavy atom. The van der Waals surface area contributed by atoms with E-state index in [1.54, 1.807) is 0 Å². The summed E-state index contributed by atoms with van der Waals surface area (Å²) in [7, 11) is 0. The summed E-state index contributed by atoms with van der Waals surface area (Å²) in [6, 6.07) is 5.95. The Hall–Kier alpha value is -0.350. The van der Waals surface area contributed by atoms with Gasteiger partial charge in [0.2, 0.25) is 0 Å². The zero-order valence-electron chi connectivity index (χ0n) is 11.3. The zero-order chi connectivity index (χ0) is 14.0. The predicted octanol–water partition coefficient (Wildman–Crippen LogP) is 4.91. The van der Waals surface area contributed by atoms with Gasteiger partial charge in [0.25, 0.3) is 5.91 Å². The normalized spacial score (nSPS) is 19.2. The lowest BCUT2D eigenvalue weighted by molar-refractivity contribution is 0.0908. The quantitative estimate of drug-likeness (QED) is 0.766. The van der Waals surface area contributed by atoms with Crippen LogP contribution in [-0.2, 0) is 0 Å². The minimum atomic E-state index is 0.0177. The lowest BCUT2D eigenvalue weighted by atomic mass is 9.75. The van der Waals surface area contributed by atoms with Crippen molar-refractivity contribution in [3.63, 3.8) is 0 Å². The van der Waals surface area contributed by atoms with Crippen LogP contribution in [0.3, 0.4) is 0 Å². The minimum Gasteiger partial charge on any atom is -0.349 e. The molecule has 0 spiro atoms. The second-order valence-corrected chi connectivity index (χ2v) is 7.81. The van der Waals surface area contributed by atoms with E-state index in [4.69, 9.17) is 0 Å². The summed E-state index contributed by atoms with van der Waals surface area (Å²) in [4.78, 5) is 12.2. The fourth-order valence-corrected chi connectivity index (χ4v) is 3.71. The van der Waals surface area contributed by atoms with E-state index in [1.807, 2.05) is 18.2 Å². The topological polar surface area (TPSA) is 29.1 Å². The van der Waals surface area contributed by atoms with Crippen LogP contribution < -0.4 is 5.32 Å². The van der Waals surface area contributed by atoms with Crippen molar-refractivity contribution in [2.75, 3.05) is 0 Å². The summed E-state index contributed by atoms with van der Waals surface area (Å²) in [6.07, 6.45) is 4.51. The third-order valence-electron chi connectivity index (χ3n) is 3.85. The van der Waals surface area contributed by atoms with E-state index >= 15 is 0 Å². The molecule has 0 atom stereocenters. The number of hydrogen-bond donors (Lipinski definition) is 1. The number of nitrogens with one attached hydrogen (secondary N) is 1. The Balaban J connectivity index is 1.98. The van der Waals surface area contributed by atoms with Crippen LogP contribution in [0.5, 0.6) is 0 Å². The Bertz CT molecular complexity index is 475. The summed E-state index contributed by atoms with van der Waals surface area (Å²) in [5.74, 6) is 0.0177. The molecule has 1 aromatic rings. The van der Waals surface area contributed by atoms with Crippen molar-refractivity contribution in [2.45, 2.75) is 45.6 Å². The molecule has 4 heteroatoms. The Morgan fingerprint density at radius 2 is 1.89 bits per heavy atom. The molecule has 0 bridgehead atoms. The first-order valence-electron chi connectivity index (χ1n) is 6.63. The van der Waals surface area contributed by atoms with Gasteiger partial charge in [0.1, 0.15) is 0 Å². The molecule has 1 aromatic carbocycles. The van der Waals surface area contributed by atoms with Crippen molar-refractivity contribution in [3.05, 3.63) is 32.7 Å². The van der Waals surface area contributed by atoms with Gasteiger partial charge in [-0.2, -0.15) is 0 Å². The highest BCUT2D eigenvalue weighted by Gasteiger charge is 2.27. The van der Waals surface area contributed by atoms with Gasteiger partial charge in [0.15, 0.2) is 0 Å². The third kappa shape index (κ3) is 4.06. The molecule has 0 unspecified atom stereocenters. The highest BCUT2D eigenvalue weighted by Crippen LogP contribution is 2.35. The first-order chi connectivity index (χ1) is 8.87. The molecule has 0 aromatic heterocycles. The average Bonchev–Trinajstić information content (AvgIpc) is 2.31. The molecule has 104 valence electrons. The highest BCUT2D eigenvalue weighted by atomic mass is 79.9. The maximum absolute atomic E-state index is 12.2. The molecule has 0 heterocycles. The van der Waals surface area contributed by atoms with E-state index in [-0.39, 0.29) is 5.91 Å². The standard InChI is InChI=1S/C15H19Br2NO/c1-15(2)7-5-11(6-8-15)18-14(19)12-4-3-10(16)9-13(12)17/h3-4,9,11H,5-8H2,1-2H3,(H,18,19). The summed E-state index contributed by atoms with van der Waals surface area (Å²) in [5, 5.41) is 3.15. The van der Waals surface area contributed by atoms with Crippen molar-refractivity contribution in [1.29, 1.82) is 0 Å². The zero-order valence-corrected chi connectivity index (χ0v) is 14.5. The second-order valence-electron chi connectivity index (χ2n) is 6.04. The molecule has 0 radical (unpaired) electrons. The summed E-state index contributed by atoms with van der Waals surface area (Å²) in [6.45, 7) is 4.60. The van der Waals surface area contributed by atoms with Gasteiger partial charge in [0.05, 0.1) is 5.56 Å². The van der Waals surface area contributed by atoms with E-state index in [2.05, 4.69) is 51.0 Å². The Morgan fingerprint density at radius 1 is 1.26 bits per heavy atom. The molecule has 0 aliphatic heterocycles. The van der Waals surface area contributed by atoms with Gasteiger partial charge < -0.3 is 5.32 Å². The van der Waals surface area contributed by atoms with E-state index in [0.29, 0.717) is 17.0 Å². The molecule has 19 heavy (non-hydrogen) atoms. The fraction of sp³-hybridized carbons (Fsp3) is 0.533. The van der Waals surface area contributed by atoms with Crippen molar-refractivity contribution in [2.24, 2.45) is 5.41 Å². The van der Waals surface area contributed by atoms with Crippen LogP contribution in [0, 0.1) is 5.41 Å². The van der Waals surface area contributed by atoms with Crippen LogP contribution in [0.25, 0.3) is 0 Å².